The van der Waals surface area contributed by atoms with Gasteiger partial charge in [-0.25, -0.2) is 4.98 Å². The summed E-state index contributed by atoms with van der Waals surface area (Å²) in [6, 6.07) is 7.59. The van der Waals surface area contributed by atoms with E-state index in [0.717, 1.165) is 23.4 Å². The predicted molar refractivity (Wildman–Crippen MR) is 117 cm³/mol. The fourth-order valence-corrected chi connectivity index (χ4v) is 3.04. The summed E-state index contributed by atoms with van der Waals surface area (Å²) in [6.45, 7) is 8.03. The molecule has 0 bridgehead atoms. The van der Waals surface area contributed by atoms with Crippen molar-refractivity contribution in [3.8, 4) is 11.8 Å². The molecule has 158 valence electrons. The Balaban J connectivity index is 1.97. The Hall–Kier alpha value is -3.49. The molecule has 0 aliphatic heterocycles. The van der Waals surface area contributed by atoms with Crippen molar-refractivity contribution < 1.29 is 4.74 Å². The molecule has 0 unspecified atom stereocenters. The average molecular weight is 409 g/mol. The number of hydrogen-bond donors (Lipinski definition) is 1. The van der Waals surface area contributed by atoms with E-state index in [1.807, 2.05) is 64.0 Å². The number of hydrogen-bond acceptors (Lipinski definition) is 7. The lowest BCUT2D eigenvalue weighted by atomic mass is 10.2. The fourth-order valence-electron chi connectivity index (χ4n) is 3.04. The van der Waals surface area contributed by atoms with Crippen molar-refractivity contribution >= 4 is 17.1 Å². The standard InChI is InChI=1S/C21H27N7O2/c1-7-17-13(3)22-21(23-19(17)30-8-2)28-20(29)18(14(4)26-28)25-24-15-9-11-16(12-10-15)27(5)6/h9-12,26H,7-8H2,1-6H3. The molecule has 0 amide bonds. The maximum Gasteiger partial charge on any atom is 0.301 e. The third-order valence-electron chi connectivity index (χ3n) is 4.67. The second kappa shape index (κ2) is 8.89. The molecule has 3 aromatic rings. The fraction of sp³-hybridized carbons (Fsp3) is 0.381. The minimum atomic E-state index is -0.368. The third kappa shape index (κ3) is 4.24. The molecule has 0 spiro atoms. The van der Waals surface area contributed by atoms with Crippen LogP contribution in [0, 0.1) is 13.8 Å². The molecule has 1 N–H and O–H groups in total. The van der Waals surface area contributed by atoms with E-state index in [9.17, 15) is 4.79 Å². The van der Waals surface area contributed by atoms with Crippen LogP contribution in [-0.2, 0) is 6.42 Å². The number of H-pyrrole nitrogens is 1. The van der Waals surface area contributed by atoms with Crippen molar-refractivity contribution in [1.82, 2.24) is 19.7 Å². The van der Waals surface area contributed by atoms with Crippen LogP contribution in [0.1, 0.15) is 30.8 Å². The predicted octanol–water partition coefficient (Wildman–Crippen LogP) is 4.01. The van der Waals surface area contributed by atoms with Gasteiger partial charge < -0.3 is 9.64 Å². The number of nitrogens with zero attached hydrogens (tertiary/aromatic N) is 6. The highest BCUT2D eigenvalue weighted by Crippen LogP contribution is 2.23. The molecule has 2 aromatic heterocycles. The van der Waals surface area contributed by atoms with Gasteiger partial charge in [0.2, 0.25) is 5.88 Å². The molecule has 9 nitrogen and oxygen atoms in total. The highest BCUT2D eigenvalue weighted by atomic mass is 16.5. The van der Waals surface area contributed by atoms with E-state index >= 15 is 0 Å². The highest BCUT2D eigenvalue weighted by molar-refractivity contribution is 5.52. The van der Waals surface area contributed by atoms with Crippen LogP contribution in [0.3, 0.4) is 0 Å². The summed E-state index contributed by atoms with van der Waals surface area (Å²) in [5, 5.41) is 11.4. The number of rotatable bonds is 7. The first-order valence-electron chi connectivity index (χ1n) is 9.87. The maximum absolute atomic E-state index is 12.9. The Morgan fingerprint density at radius 2 is 1.80 bits per heavy atom. The van der Waals surface area contributed by atoms with Gasteiger partial charge in [0.1, 0.15) is 0 Å². The van der Waals surface area contributed by atoms with E-state index < -0.39 is 0 Å². The van der Waals surface area contributed by atoms with E-state index in [1.54, 1.807) is 6.92 Å². The largest absolute Gasteiger partial charge is 0.478 e. The lowest BCUT2D eigenvalue weighted by Crippen LogP contribution is -2.19. The first-order valence-corrected chi connectivity index (χ1v) is 9.87. The van der Waals surface area contributed by atoms with Gasteiger partial charge in [0.15, 0.2) is 5.69 Å². The first-order chi connectivity index (χ1) is 14.3. The molecular weight excluding hydrogens is 382 g/mol. The van der Waals surface area contributed by atoms with Crippen molar-refractivity contribution in [3.05, 3.63) is 51.6 Å². The van der Waals surface area contributed by atoms with E-state index in [4.69, 9.17) is 4.74 Å². The summed E-state index contributed by atoms with van der Waals surface area (Å²) in [6.07, 6.45) is 0.742. The van der Waals surface area contributed by atoms with Crippen molar-refractivity contribution in [2.75, 3.05) is 25.6 Å². The van der Waals surface area contributed by atoms with Gasteiger partial charge >= 0.3 is 5.56 Å². The molecule has 0 aliphatic rings. The molecule has 0 atom stereocenters. The first kappa shape index (κ1) is 21.2. The van der Waals surface area contributed by atoms with Gasteiger partial charge in [-0.15, -0.1) is 5.11 Å². The normalized spacial score (nSPS) is 11.3. The van der Waals surface area contributed by atoms with Crippen LogP contribution in [0.2, 0.25) is 0 Å². The highest BCUT2D eigenvalue weighted by Gasteiger charge is 2.18. The molecule has 0 aliphatic carbocycles. The molecule has 0 saturated carbocycles. The quantitative estimate of drug-likeness (QED) is 0.594. The summed E-state index contributed by atoms with van der Waals surface area (Å²) in [7, 11) is 3.94. The summed E-state index contributed by atoms with van der Waals surface area (Å²) in [5.74, 6) is 0.712. The zero-order valence-electron chi connectivity index (χ0n) is 18.2. The maximum atomic E-state index is 12.9. The Labute approximate surface area is 175 Å². The van der Waals surface area contributed by atoms with Crippen molar-refractivity contribution in [3.63, 3.8) is 0 Å². The lowest BCUT2D eigenvalue weighted by molar-refractivity contribution is 0.321. The molecular formula is C21H27N7O2. The number of nitrogens with one attached hydrogen (secondary N) is 1. The number of ether oxygens (including phenoxy) is 1. The number of aromatic amines is 1. The van der Waals surface area contributed by atoms with Crippen LogP contribution in [-0.4, -0.2) is 40.5 Å². The molecule has 0 fully saturated rings. The molecule has 3 rings (SSSR count). The molecule has 0 radical (unpaired) electrons. The second-order valence-electron chi connectivity index (χ2n) is 7.02. The van der Waals surface area contributed by atoms with Crippen molar-refractivity contribution in [2.45, 2.75) is 34.1 Å². The third-order valence-corrected chi connectivity index (χ3v) is 4.67. The van der Waals surface area contributed by atoms with Gasteiger partial charge in [-0.2, -0.15) is 14.8 Å². The average Bonchev–Trinajstić information content (AvgIpc) is 3.00. The van der Waals surface area contributed by atoms with Gasteiger partial charge in [0.25, 0.3) is 5.95 Å². The van der Waals surface area contributed by atoms with Crippen molar-refractivity contribution in [2.24, 2.45) is 10.2 Å². The number of benzene rings is 1. The summed E-state index contributed by atoms with van der Waals surface area (Å²) < 4.78 is 6.93. The van der Waals surface area contributed by atoms with Gasteiger partial charge in [0.05, 0.1) is 18.0 Å². The number of anilines is 1. The zero-order valence-corrected chi connectivity index (χ0v) is 18.2. The molecule has 9 heteroatoms. The summed E-state index contributed by atoms with van der Waals surface area (Å²) in [5.41, 5.74) is 3.84. The van der Waals surface area contributed by atoms with E-state index in [0.29, 0.717) is 23.9 Å². The molecule has 30 heavy (non-hydrogen) atoms. The summed E-state index contributed by atoms with van der Waals surface area (Å²) >= 11 is 0. The lowest BCUT2D eigenvalue weighted by Gasteiger charge is -2.11. The van der Waals surface area contributed by atoms with Crippen LogP contribution in [0.15, 0.2) is 39.3 Å². The SMILES string of the molecule is CCOc1nc(-n2[nH]c(C)c(N=Nc3ccc(N(C)C)cc3)c2=O)nc(C)c1CC. The van der Waals surface area contributed by atoms with Crippen LogP contribution in [0.5, 0.6) is 5.88 Å². The van der Waals surface area contributed by atoms with E-state index in [1.165, 1.54) is 4.68 Å². The summed E-state index contributed by atoms with van der Waals surface area (Å²) in [4.78, 5) is 23.9. The Morgan fingerprint density at radius 1 is 1.10 bits per heavy atom. The smallest absolute Gasteiger partial charge is 0.301 e. The van der Waals surface area contributed by atoms with Crippen LogP contribution in [0.25, 0.3) is 5.95 Å². The monoisotopic (exact) mass is 409 g/mol. The zero-order chi connectivity index (χ0) is 21.8. The van der Waals surface area contributed by atoms with Crippen LogP contribution < -0.4 is 15.2 Å². The van der Waals surface area contributed by atoms with Gasteiger partial charge in [-0.3, -0.25) is 9.89 Å². The van der Waals surface area contributed by atoms with Gasteiger partial charge in [0, 0.05) is 31.0 Å². The van der Waals surface area contributed by atoms with Crippen LogP contribution in [0.4, 0.5) is 17.1 Å². The second-order valence-corrected chi connectivity index (χ2v) is 7.02. The number of azo groups is 1. The van der Waals surface area contributed by atoms with E-state index in [2.05, 4.69) is 25.3 Å². The van der Waals surface area contributed by atoms with E-state index in [-0.39, 0.29) is 17.2 Å². The Kier molecular flexibility index (Phi) is 6.29. The molecule has 2 heterocycles. The molecule has 1 aromatic carbocycles. The van der Waals surface area contributed by atoms with Crippen LogP contribution >= 0.6 is 0 Å². The minimum absolute atomic E-state index is 0.213. The number of aryl methyl sites for hydroxylation is 2. The Bertz CT molecular complexity index is 1110. The van der Waals surface area contributed by atoms with Crippen molar-refractivity contribution in [1.29, 1.82) is 0 Å². The van der Waals surface area contributed by atoms with Gasteiger partial charge in [-0.1, -0.05) is 6.92 Å². The Morgan fingerprint density at radius 3 is 2.40 bits per heavy atom. The topological polar surface area (TPSA) is 101 Å². The minimum Gasteiger partial charge on any atom is -0.478 e. The molecule has 0 saturated heterocycles. The van der Waals surface area contributed by atoms with Gasteiger partial charge in [-0.05, 0) is 51.5 Å². The number of aromatic nitrogens is 4.